The Morgan fingerprint density at radius 1 is 1.23 bits per heavy atom. The average molecular weight is 311 g/mol. The lowest BCUT2D eigenvalue weighted by atomic mass is 9.95. The molecule has 5 nitrogen and oxygen atoms in total. The molecule has 1 saturated carbocycles. The molecule has 2 aliphatic rings. The van der Waals surface area contributed by atoms with Gasteiger partial charge in [0.1, 0.15) is 0 Å². The maximum Gasteiger partial charge on any atom is 0.314 e. The van der Waals surface area contributed by atoms with Gasteiger partial charge in [-0.2, -0.15) is 0 Å². The van der Waals surface area contributed by atoms with E-state index in [9.17, 15) is 9.90 Å². The van der Waals surface area contributed by atoms with Gasteiger partial charge in [0.15, 0.2) is 0 Å². The zero-order chi connectivity index (χ0) is 15.8. The number of amides is 2. The summed E-state index contributed by atoms with van der Waals surface area (Å²) in [6.45, 7) is 6.74. The Morgan fingerprint density at radius 3 is 2.64 bits per heavy atom. The monoisotopic (exact) mass is 311 g/mol. The summed E-state index contributed by atoms with van der Waals surface area (Å²) < 4.78 is 0. The van der Waals surface area contributed by atoms with Crippen LogP contribution in [0.15, 0.2) is 0 Å². The summed E-state index contributed by atoms with van der Waals surface area (Å²) in [5.74, 6) is 0.568. The Morgan fingerprint density at radius 2 is 1.95 bits per heavy atom. The van der Waals surface area contributed by atoms with Gasteiger partial charge in [0, 0.05) is 19.6 Å². The lowest BCUT2D eigenvalue weighted by Gasteiger charge is -2.27. The van der Waals surface area contributed by atoms with Crippen LogP contribution in [-0.2, 0) is 0 Å². The van der Waals surface area contributed by atoms with Crippen molar-refractivity contribution in [3.05, 3.63) is 0 Å². The molecule has 0 aromatic carbocycles. The second-order valence-electron chi connectivity index (χ2n) is 7.16. The Kier molecular flexibility index (Phi) is 6.96. The lowest BCUT2D eigenvalue weighted by Crippen LogP contribution is -2.47. The van der Waals surface area contributed by atoms with E-state index in [2.05, 4.69) is 22.5 Å². The van der Waals surface area contributed by atoms with Gasteiger partial charge in [0.05, 0.1) is 5.60 Å². The van der Waals surface area contributed by atoms with Crippen molar-refractivity contribution in [2.24, 2.45) is 5.92 Å². The molecule has 1 aliphatic heterocycles. The van der Waals surface area contributed by atoms with E-state index < -0.39 is 5.60 Å². The number of nitrogens with one attached hydrogen (secondary N) is 2. The normalized spacial score (nSPS) is 25.6. The first-order valence-corrected chi connectivity index (χ1v) is 9.08. The summed E-state index contributed by atoms with van der Waals surface area (Å²) in [5.41, 5.74) is -0.695. The fraction of sp³-hybridized carbons (Fsp3) is 0.941. The number of nitrogens with zero attached hydrogens (tertiary/aromatic N) is 1. The van der Waals surface area contributed by atoms with Gasteiger partial charge in [0.2, 0.25) is 0 Å². The number of carbonyl (C=O) groups is 1. The van der Waals surface area contributed by atoms with Gasteiger partial charge < -0.3 is 20.6 Å². The van der Waals surface area contributed by atoms with Crippen LogP contribution in [0.2, 0.25) is 0 Å². The van der Waals surface area contributed by atoms with Crippen molar-refractivity contribution >= 4 is 6.03 Å². The van der Waals surface area contributed by atoms with E-state index in [1.807, 2.05) is 0 Å². The highest BCUT2D eigenvalue weighted by Gasteiger charge is 2.28. The summed E-state index contributed by atoms with van der Waals surface area (Å²) in [5, 5.41) is 16.4. The van der Waals surface area contributed by atoms with Gasteiger partial charge in [-0.05, 0) is 44.7 Å². The molecule has 2 rings (SSSR count). The van der Waals surface area contributed by atoms with Crippen LogP contribution in [0.1, 0.15) is 58.3 Å². The molecule has 1 saturated heterocycles. The molecule has 1 heterocycles. The van der Waals surface area contributed by atoms with Gasteiger partial charge in [-0.25, -0.2) is 4.79 Å². The first-order valence-electron chi connectivity index (χ1n) is 9.08. The summed E-state index contributed by atoms with van der Waals surface area (Å²) in [6.07, 6.45) is 8.51. The predicted molar refractivity (Wildman–Crippen MR) is 88.9 cm³/mol. The van der Waals surface area contributed by atoms with Crippen molar-refractivity contribution in [2.75, 3.05) is 32.7 Å². The predicted octanol–water partition coefficient (Wildman–Crippen LogP) is 2.10. The van der Waals surface area contributed by atoms with E-state index in [-0.39, 0.29) is 6.03 Å². The fourth-order valence-electron chi connectivity index (χ4n) is 3.71. The van der Waals surface area contributed by atoms with E-state index in [1.165, 1.54) is 25.7 Å². The smallest absolute Gasteiger partial charge is 0.314 e. The molecule has 2 amide bonds. The van der Waals surface area contributed by atoms with Crippen molar-refractivity contribution in [1.82, 2.24) is 15.5 Å². The van der Waals surface area contributed by atoms with Crippen LogP contribution in [0.25, 0.3) is 0 Å². The van der Waals surface area contributed by atoms with E-state index in [4.69, 9.17) is 0 Å². The largest absolute Gasteiger partial charge is 0.388 e. The number of urea groups is 1. The van der Waals surface area contributed by atoms with Gasteiger partial charge in [0.25, 0.3) is 0 Å². The highest BCUT2D eigenvalue weighted by atomic mass is 16.3. The number of aliphatic hydroxyl groups is 1. The van der Waals surface area contributed by atoms with E-state index in [0.717, 1.165) is 51.9 Å². The Labute approximate surface area is 134 Å². The number of likely N-dealkylation sites (tertiary alicyclic amines) is 1. The SMILES string of the molecule is CCCN1CCC(CNC(=O)NCC2(O)CCCCCC2)C1. The third kappa shape index (κ3) is 5.76. The molecule has 1 atom stereocenters. The number of rotatable bonds is 6. The molecule has 3 N–H and O–H groups in total. The second-order valence-corrected chi connectivity index (χ2v) is 7.16. The molecule has 2 fully saturated rings. The van der Waals surface area contributed by atoms with Gasteiger partial charge in [-0.3, -0.25) is 0 Å². The first-order chi connectivity index (χ1) is 10.6. The van der Waals surface area contributed by atoms with Gasteiger partial charge in [-0.15, -0.1) is 0 Å². The first kappa shape index (κ1) is 17.5. The van der Waals surface area contributed by atoms with Crippen LogP contribution in [-0.4, -0.2) is 54.4 Å². The zero-order valence-corrected chi connectivity index (χ0v) is 14.1. The van der Waals surface area contributed by atoms with Crippen LogP contribution in [0.3, 0.4) is 0 Å². The van der Waals surface area contributed by atoms with Crippen molar-refractivity contribution in [2.45, 2.75) is 63.9 Å². The van der Waals surface area contributed by atoms with Crippen molar-refractivity contribution in [1.29, 1.82) is 0 Å². The van der Waals surface area contributed by atoms with Crippen LogP contribution in [0.5, 0.6) is 0 Å². The van der Waals surface area contributed by atoms with Crippen molar-refractivity contribution in [3.8, 4) is 0 Å². The standard InChI is InChI=1S/C17H33N3O2/c1-2-10-20-11-7-15(13-20)12-18-16(21)19-14-17(22)8-5-3-4-6-9-17/h15,22H,2-14H2,1H3,(H2,18,19,21). The Balaban J connectivity index is 1.61. The Bertz CT molecular complexity index is 341. The van der Waals surface area contributed by atoms with Crippen molar-refractivity contribution in [3.63, 3.8) is 0 Å². The van der Waals surface area contributed by atoms with Gasteiger partial charge in [-0.1, -0.05) is 32.6 Å². The highest BCUT2D eigenvalue weighted by molar-refractivity contribution is 5.73. The molecule has 22 heavy (non-hydrogen) atoms. The lowest BCUT2D eigenvalue weighted by molar-refractivity contribution is 0.0276. The van der Waals surface area contributed by atoms with Gasteiger partial charge >= 0.3 is 6.03 Å². The Hall–Kier alpha value is -0.810. The molecule has 128 valence electrons. The summed E-state index contributed by atoms with van der Waals surface area (Å²) in [6, 6.07) is -0.133. The molecule has 0 aromatic heterocycles. The van der Waals surface area contributed by atoms with Crippen molar-refractivity contribution < 1.29 is 9.90 Å². The quantitative estimate of drug-likeness (QED) is 0.658. The highest BCUT2D eigenvalue weighted by Crippen LogP contribution is 2.26. The minimum absolute atomic E-state index is 0.133. The average Bonchev–Trinajstić information content (AvgIpc) is 2.83. The van der Waals surface area contributed by atoms with Crippen LogP contribution >= 0.6 is 0 Å². The van der Waals surface area contributed by atoms with Crippen LogP contribution in [0.4, 0.5) is 4.79 Å². The molecule has 1 aliphatic carbocycles. The molecule has 1 unspecified atom stereocenters. The number of carbonyl (C=O) groups excluding carboxylic acids is 1. The molecule has 0 radical (unpaired) electrons. The molecule has 0 bridgehead atoms. The molecule has 0 aromatic rings. The molecule has 5 heteroatoms. The fourth-order valence-corrected chi connectivity index (χ4v) is 3.71. The second kappa shape index (κ2) is 8.73. The number of hydrogen-bond acceptors (Lipinski definition) is 3. The summed E-state index contributed by atoms with van der Waals surface area (Å²) in [4.78, 5) is 14.4. The molecular formula is C17H33N3O2. The maximum atomic E-state index is 11.9. The van der Waals surface area contributed by atoms with Crippen LogP contribution < -0.4 is 10.6 Å². The minimum atomic E-state index is -0.695. The third-order valence-electron chi connectivity index (χ3n) is 5.07. The molecule has 0 spiro atoms. The minimum Gasteiger partial charge on any atom is -0.388 e. The summed E-state index contributed by atoms with van der Waals surface area (Å²) >= 11 is 0. The van der Waals surface area contributed by atoms with Crippen LogP contribution in [0, 0.1) is 5.92 Å². The maximum absolute atomic E-state index is 11.9. The number of hydrogen-bond donors (Lipinski definition) is 3. The summed E-state index contributed by atoms with van der Waals surface area (Å²) in [7, 11) is 0. The van der Waals surface area contributed by atoms with E-state index >= 15 is 0 Å². The van der Waals surface area contributed by atoms with E-state index in [0.29, 0.717) is 12.5 Å². The van der Waals surface area contributed by atoms with E-state index in [1.54, 1.807) is 0 Å². The molecular weight excluding hydrogens is 278 g/mol. The zero-order valence-electron chi connectivity index (χ0n) is 14.1. The third-order valence-corrected chi connectivity index (χ3v) is 5.07. The topological polar surface area (TPSA) is 64.6 Å².